The van der Waals surface area contributed by atoms with Gasteiger partial charge in [0.05, 0.1) is 16.5 Å². The molecule has 4 fully saturated rings. The fourth-order valence-corrected chi connectivity index (χ4v) is 7.60. The Morgan fingerprint density at radius 3 is 2.84 bits per heavy atom. The largest absolute Gasteiger partial charge is 0.508 e. The van der Waals surface area contributed by atoms with Gasteiger partial charge in [-0.25, -0.2) is 13.2 Å². The summed E-state index contributed by atoms with van der Waals surface area (Å²) in [5.74, 6) is 1.55. The lowest BCUT2D eigenvalue weighted by Gasteiger charge is -2.31. The smallest absolute Gasteiger partial charge is 0.319 e. The molecule has 220 valence electrons. The molecule has 5 heterocycles. The van der Waals surface area contributed by atoms with Crippen LogP contribution in [0.5, 0.6) is 11.8 Å². The van der Waals surface area contributed by atoms with Gasteiger partial charge >= 0.3 is 6.01 Å². The van der Waals surface area contributed by atoms with Crippen molar-refractivity contribution in [3.05, 3.63) is 47.7 Å². The Morgan fingerprint density at radius 2 is 2.05 bits per heavy atom. The van der Waals surface area contributed by atoms with Crippen LogP contribution in [0.1, 0.15) is 31.2 Å². The Kier molecular flexibility index (Phi) is 5.65. The monoisotopic (exact) mass is 586 g/mol. The van der Waals surface area contributed by atoms with Crippen molar-refractivity contribution < 1.29 is 23.0 Å². The molecule has 8 rings (SSSR count). The van der Waals surface area contributed by atoms with E-state index in [4.69, 9.17) is 21.9 Å². The van der Waals surface area contributed by atoms with Gasteiger partial charge in [0, 0.05) is 48.7 Å². The molecule has 3 aliphatic heterocycles. The Balaban J connectivity index is 1.27. The van der Waals surface area contributed by atoms with Gasteiger partial charge in [0.15, 0.2) is 5.82 Å². The van der Waals surface area contributed by atoms with Crippen LogP contribution in [0.2, 0.25) is 0 Å². The molecule has 1 aliphatic carbocycles. The number of piperidine rings is 1. The number of nitrogens with two attached hydrogens (primary N) is 1. The number of hydrogen-bond donors (Lipinski definition) is 2. The van der Waals surface area contributed by atoms with Gasteiger partial charge in [-0.1, -0.05) is 12.0 Å². The highest BCUT2D eigenvalue weighted by Crippen LogP contribution is 2.49. The summed E-state index contributed by atoms with van der Waals surface area (Å²) in [4.78, 5) is 17.8. The summed E-state index contributed by atoms with van der Waals surface area (Å²) in [6, 6.07) is 5.40. The molecule has 3 N–H and O–H groups in total. The molecule has 2 aromatic carbocycles. The van der Waals surface area contributed by atoms with Crippen LogP contribution in [0.4, 0.5) is 19.0 Å². The van der Waals surface area contributed by atoms with E-state index in [1.54, 1.807) is 0 Å². The molecule has 2 aromatic heterocycles. The average Bonchev–Trinajstić information content (AvgIpc) is 3.23. The molecule has 8 nitrogen and oxygen atoms in total. The van der Waals surface area contributed by atoms with Crippen LogP contribution in [0.25, 0.3) is 32.9 Å². The predicted molar refractivity (Wildman–Crippen MR) is 156 cm³/mol. The van der Waals surface area contributed by atoms with Crippen molar-refractivity contribution in [1.82, 2.24) is 19.9 Å². The first-order valence-electron chi connectivity index (χ1n) is 14.5. The van der Waals surface area contributed by atoms with Gasteiger partial charge in [0.2, 0.25) is 0 Å². The number of anilines is 1. The summed E-state index contributed by atoms with van der Waals surface area (Å²) >= 11 is 0. The first-order chi connectivity index (χ1) is 20.7. The Labute approximate surface area is 245 Å². The quantitative estimate of drug-likeness (QED) is 0.334. The fourth-order valence-electron chi connectivity index (χ4n) is 7.60. The highest BCUT2D eigenvalue weighted by molar-refractivity contribution is 6.03. The SMILES string of the molecule is C#Cc1c(F)ccc2cc(O)cc(-c3ncc4c(N5C[C@H]6C[C@@]6(N)C5)nc(OC[C@@]56CCCN5C[C@H](F)C6)nc4c3F)c12. The third-order valence-electron chi connectivity index (χ3n) is 9.83. The molecule has 4 aromatic rings. The van der Waals surface area contributed by atoms with Crippen LogP contribution in [-0.2, 0) is 0 Å². The van der Waals surface area contributed by atoms with E-state index in [0.29, 0.717) is 48.6 Å². The number of aromatic nitrogens is 3. The molecule has 3 saturated heterocycles. The molecular weight excluding hydrogens is 557 g/mol. The summed E-state index contributed by atoms with van der Waals surface area (Å²) in [6.07, 6.45) is 9.26. The van der Waals surface area contributed by atoms with Gasteiger partial charge in [0.1, 0.15) is 41.4 Å². The average molecular weight is 587 g/mol. The predicted octanol–water partition coefficient (Wildman–Crippen LogP) is 4.30. The summed E-state index contributed by atoms with van der Waals surface area (Å²) < 4.78 is 51.9. The Morgan fingerprint density at radius 1 is 1.19 bits per heavy atom. The minimum atomic E-state index is -0.921. The topological polar surface area (TPSA) is 101 Å². The number of aromatic hydroxyl groups is 1. The van der Waals surface area contributed by atoms with E-state index in [1.807, 2.05) is 4.90 Å². The van der Waals surface area contributed by atoms with Crippen LogP contribution >= 0.6 is 0 Å². The maximum atomic E-state index is 16.6. The van der Waals surface area contributed by atoms with Crippen LogP contribution < -0.4 is 15.4 Å². The third-order valence-corrected chi connectivity index (χ3v) is 9.83. The van der Waals surface area contributed by atoms with Crippen LogP contribution in [0.15, 0.2) is 30.5 Å². The van der Waals surface area contributed by atoms with E-state index in [0.717, 1.165) is 25.8 Å². The lowest BCUT2D eigenvalue weighted by Crippen LogP contribution is -2.43. The highest BCUT2D eigenvalue weighted by atomic mass is 19.1. The molecule has 11 heteroatoms. The maximum absolute atomic E-state index is 16.6. The van der Waals surface area contributed by atoms with E-state index < -0.39 is 23.3 Å². The minimum absolute atomic E-state index is 0.0233. The number of alkyl halides is 1. The van der Waals surface area contributed by atoms with E-state index >= 15 is 4.39 Å². The molecule has 0 unspecified atom stereocenters. The number of fused-ring (bicyclic) bond motifs is 4. The van der Waals surface area contributed by atoms with Gasteiger partial charge < -0.3 is 20.5 Å². The summed E-state index contributed by atoms with van der Waals surface area (Å²) in [5, 5.41) is 11.5. The molecule has 4 atom stereocenters. The number of benzene rings is 2. The van der Waals surface area contributed by atoms with E-state index in [-0.39, 0.29) is 51.6 Å². The first-order valence-corrected chi connectivity index (χ1v) is 14.5. The number of phenolic OH excluding ortho intramolecular Hbond substituents is 1. The first kappa shape index (κ1) is 26.5. The highest BCUT2D eigenvalue weighted by Gasteiger charge is 2.58. The molecule has 1 saturated carbocycles. The van der Waals surface area contributed by atoms with Gasteiger partial charge in [-0.3, -0.25) is 9.88 Å². The van der Waals surface area contributed by atoms with Crippen LogP contribution in [0, 0.1) is 29.9 Å². The zero-order chi connectivity index (χ0) is 29.7. The zero-order valence-corrected chi connectivity index (χ0v) is 23.3. The molecule has 0 spiro atoms. The number of phenols is 1. The number of ether oxygens (including phenoxy) is 1. The molecular formula is C32H29F3N6O2. The Hall–Kier alpha value is -4.14. The number of terminal acetylenes is 1. The lowest BCUT2D eigenvalue weighted by molar-refractivity contribution is 0.107. The van der Waals surface area contributed by atoms with Gasteiger partial charge in [0.25, 0.3) is 0 Å². The van der Waals surface area contributed by atoms with E-state index in [1.165, 1.54) is 30.5 Å². The van der Waals surface area contributed by atoms with Crippen molar-refractivity contribution in [2.45, 2.75) is 42.9 Å². The number of halogens is 3. The standard InChI is InChI=1S/C32H29F3N6O2/c1-2-21-24(34)5-4-17-8-20(42)9-22(25(17)21)27-26(35)28-23(12-37-27)29(40-13-18-10-32(18,36)15-40)39-30(38-28)43-16-31-6-3-7-41(31)14-19(33)11-31/h1,4-5,8-9,12,18-19,42H,3,6-7,10-11,13-16,36H2/t18-,19-,31+,32-/m1/s1. The van der Waals surface area contributed by atoms with Crippen molar-refractivity contribution in [2.24, 2.45) is 11.7 Å². The molecule has 43 heavy (non-hydrogen) atoms. The summed E-state index contributed by atoms with van der Waals surface area (Å²) in [7, 11) is 0. The number of pyridine rings is 1. The molecule has 4 aliphatic rings. The van der Waals surface area contributed by atoms with Gasteiger partial charge in [-0.05, 0) is 55.3 Å². The number of hydrogen-bond acceptors (Lipinski definition) is 8. The van der Waals surface area contributed by atoms with Crippen molar-refractivity contribution in [2.75, 3.05) is 37.7 Å². The maximum Gasteiger partial charge on any atom is 0.319 e. The van der Waals surface area contributed by atoms with Gasteiger partial charge in [-0.15, -0.1) is 6.42 Å². The van der Waals surface area contributed by atoms with E-state index in [2.05, 4.69) is 20.8 Å². The molecule has 0 radical (unpaired) electrons. The summed E-state index contributed by atoms with van der Waals surface area (Å²) in [6.45, 7) is 2.58. The normalized spacial score (nSPS) is 27.9. The lowest BCUT2D eigenvalue weighted by atomic mass is 9.95. The van der Waals surface area contributed by atoms with Crippen LogP contribution in [0.3, 0.4) is 0 Å². The van der Waals surface area contributed by atoms with Gasteiger partial charge in [-0.2, -0.15) is 9.97 Å². The number of rotatable bonds is 5. The fraction of sp³-hybridized carbons (Fsp3) is 0.406. The zero-order valence-electron chi connectivity index (χ0n) is 23.3. The third kappa shape index (κ3) is 4.03. The second-order valence-electron chi connectivity index (χ2n) is 12.5. The van der Waals surface area contributed by atoms with Crippen molar-refractivity contribution in [1.29, 1.82) is 0 Å². The van der Waals surface area contributed by atoms with E-state index in [9.17, 15) is 13.9 Å². The number of nitrogens with zero attached hydrogens (tertiary/aromatic N) is 5. The minimum Gasteiger partial charge on any atom is -0.508 e. The Bertz CT molecular complexity index is 1880. The van der Waals surface area contributed by atoms with Crippen molar-refractivity contribution in [3.8, 4) is 35.4 Å². The van der Waals surface area contributed by atoms with Crippen molar-refractivity contribution >= 4 is 27.5 Å². The molecule has 0 bridgehead atoms. The van der Waals surface area contributed by atoms with Crippen LogP contribution in [-0.4, -0.2) is 75.0 Å². The summed E-state index contributed by atoms with van der Waals surface area (Å²) in [5.41, 5.74) is 5.63. The molecule has 0 amide bonds. The second-order valence-corrected chi connectivity index (χ2v) is 12.5. The second kappa shape index (κ2) is 9.18. The van der Waals surface area contributed by atoms with Crippen molar-refractivity contribution in [3.63, 3.8) is 0 Å².